The molecule has 6 heteroatoms. The first kappa shape index (κ1) is 16.0. The summed E-state index contributed by atoms with van der Waals surface area (Å²) >= 11 is 6.13. The van der Waals surface area contributed by atoms with E-state index in [1.807, 2.05) is 17.0 Å². The maximum atomic E-state index is 13.0. The third-order valence-corrected chi connectivity index (χ3v) is 6.22. The lowest BCUT2D eigenvalue weighted by Crippen LogP contribution is -2.50. The molecule has 0 spiro atoms. The van der Waals surface area contributed by atoms with Gasteiger partial charge in [-0.1, -0.05) is 11.6 Å². The second-order valence-corrected chi connectivity index (χ2v) is 7.56. The topological polar surface area (TPSA) is 36.0 Å². The van der Waals surface area contributed by atoms with Crippen LogP contribution in [0.2, 0.25) is 5.02 Å². The van der Waals surface area contributed by atoms with E-state index in [0.717, 1.165) is 25.1 Å². The van der Waals surface area contributed by atoms with Crippen LogP contribution in [0.3, 0.4) is 0 Å². The Kier molecular flexibility index (Phi) is 4.09. The monoisotopic (exact) mass is 349 g/mol. The molecule has 2 amide bonds. The van der Waals surface area contributed by atoms with Crippen LogP contribution in [-0.2, 0) is 0 Å². The molecule has 3 atom stereocenters. The highest BCUT2D eigenvalue weighted by Crippen LogP contribution is 2.39. The van der Waals surface area contributed by atoms with Gasteiger partial charge in [-0.25, -0.2) is 4.79 Å². The summed E-state index contributed by atoms with van der Waals surface area (Å²) in [7, 11) is 3.85. The third kappa shape index (κ3) is 2.54. The summed E-state index contributed by atoms with van der Waals surface area (Å²) in [6.45, 7) is 1.47. The summed E-state index contributed by atoms with van der Waals surface area (Å²) in [6.07, 6.45) is 4.73. The van der Waals surface area contributed by atoms with Gasteiger partial charge >= 0.3 is 6.03 Å². The molecular formula is C18H24ClN3O2. The van der Waals surface area contributed by atoms with Gasteiger partial charge < -0.3 is 14.5 Å². The molecule has 3 heterocycles. The number of methoxy groups -OCH3 is 1. The molecule has 4 rings (SSSR count). The zero-order valence-electron chi connectivity index (χ0n) is 14.2. The van der Waals surface area contributed by atoms with Crippen molar-refractivity contribution in [1.29, 1.82) is 0 Å². The summed E-state index contributed by atoms with van der Waals surface area (Å²) in [5, 5.41) is 0.620. The zero-order chi connectivity index (χ0) is 16.8. The van der Waals surface area contributed by atoms with E-state index in [0.29, 0.717) is 35.4 Å². The fraction of sp³-hybridized carbons (Fsp3) is 0.611. The third-order valence-electron chi connectivity index (χ3n) is 5.99. The largest absolute Gasteiger partial charge is 0.495 e. The van der Waals surface area contributed by atoms with E-state index in [9.17, 15) is 4.79 Å². The number of piperidine rings is 1. The number of nitrogens with zero attached hydrogens (tertiary/aromatic N) is 3. The fourth-order valence-electron chi connectivity index (χ4n) is 4.63. The van der Waals surface area contributed by atoms with E-state index in [1.54, 1.807) is 13.2 Å². The van der Waals surface area contributed by atoms with Crippen molar-refractivity contribution in [2.75, 3.05) is 32.1 Å². The van der Waals surface area contributed by atoms with Gasteiger partial charge in [0, 0.05) is 36.2 Å². The Balaban J connectivity index is 1.54. The van der Waals surface area contributed by atoms with Gasteiger partial charge in [0.25, 0.3) is 0 Å². The molecule has 130 valence electrons. The number of rotatable bonds is 3. The number of anilines is 1. The average Bonchev–Trinajstić information content (AvgIpc) is 3.02. The zero-order valence-corrected chi connectivity index (χ0v) is 15.0. The Bertz CT molecular complexity index is 639. The first-order chi connectivity index (χ1) is 11.6. The molecule has 0 aliphatic carbocycles. The summed E-state index contributed by atoms with van der Waals surface area (Å²) in [5.41, 5.74) is 0.772. The van der Waals surface area contributed by atoms with Crippen molar-refractivity contribution in [1.82, 2.24) is 9.80 Å². The van der Waals surface area contributed by atoms with E-state index >= 15 is 0 Å². The number of hydrogen-bond donors (Lipinski definition) is 0. The maximum absolute atomic E-state index is 13.0. The van der Waals surface area contributed by atoms with Crippen LogP contribution in [0.4, 0.5) is 10.5 Å². The minimum atomic E-state index is 0.0875. The lowest BCUT2D eigenvalue weighted by Gasteiger charge is -2.40. The highest BCUT2D eigenvalue weighted by Gasteiger charge is 2.44. The SMILES string of the molecule is COc1ccc(Cl)cc1N1CCN(C2C[C@H]3CC[C@@H](C2)N3C)C1=O. The minimum absolute atomic E-state index is 0.0875. The average molecular weight is 350 g/mol. The highest BCUT2D eigenvalue weighted by molar-refractivity contribution is 6.31. The lowest BCUT2D eigenvalue weighted by molar-refractivity contribution is 0.102. The maximum Gasteiger partial charge on any atom is 0.324 e. The predicted molar refractivity (Wildman–Crippen MR) is 95.0 cm³/mol. The van der Waals surface area contributed by atoms with Crippen molar-refractivity contribution in [3.05, 3.63) is 23.2 Å². The number of hydrogen-bond acceptors (Lipinski definition) is 3. The molecule has 0 radical (unpaired) electrons. The molecular weight excluding hydrogens is 326 g/mol. The quantitative estimate of drug-likeness (QED) is 0.840. The number of amides is 2. The van der Waals surface area contributed by atoms with Gasteiger partial charge in [0.15, 0.2) is 0 Å². The molecule has 0 N–H and O–H groups in total. The fourth-order valence-corrected chi connectivity index (χ4v) is 4.79. The summed E-state index contributed by atoms with van der Waals surface area (Å²) in [6, 6.07) is 7.15. The van der Waals surface area contributed by atoms with Crippen LogP contribution in [-0.4, -0.2) is 61.2 Å². The number of urea groups is 1. The Morgan fingerprint density at radius 1 is 1.12 bits per heavy atom. The minimum Gasteiger partial charge on any atom is -0.495 e. The summed E-state index contributed by atoms with van der Waals surface area (Å²) in [5.74, 6) is 0.693. The van der Waals surface area contributed by atoms with Crippen LogP contribution in [0, 0.1) is 0 Å². The Hall–Kier alpha value is -1.46. The molecule has 24 heavy (non-hydrogen) atoms. The molecule has 0 aromatic heterocycles. The van der Waals surface area contributed by atoms with Crippen LogP contribution in [0.25, 0.3) is 0 Å². The van der Waals surface area contributed by atoms with Crippen molar-refractivity contribution in [2.45, 2.75) is 43.8 Å². The molecule has 5 nitrogen and oxygen atoms in total. The number of benzene rings is 1. The number of carbonyl (C=O) groups is 1. The van der Waals surface area contributed by atoms with Crippen LogP contribution < -0.4 is 9.64 Å². The second-order valence-electron chi connectivity index (χ2n) is 7.12. The standard InChI is InChI=1S/C18H24ClN3O2/c1-20-13-4-5-14(20)11-15(10-13)21-7-8-22(18(21)23)16-9-12(19)3-6-17(16)24-2/h3,6,9,13-15H,4-5,7-8,10-11H2,1-2H3/t13-,14+,15?. The van der Waals surface area contributed by atoms with E-state index < -0.39 is 0 Å². The number of halogens is 1. The molecule has 0 saturated carbocycles. The van der Waals surface area contributed by atoms with Crippen molar-refractivity contribution >= 4 is 23.3 Å². The molecule has 1 aromatic rings. The van der Waals surface area contributed by atoms with Crippen LogP contribution in [0.15, 0.2) is 18.2 Å². The van der Waals surface area contributed by atoms with E-state index in [1.165, 1.54) is 12.8 Å². The molecule has 3 aliphatic heterocycles. The van der Waals surface area contributed by atoms with Crippen molar-refractivity contribution in [3.63, 3.8) is 0 Å². The first-order valence-corrected chi connectivity index (χ1v) is 9.10. The Labute approximate surface area is 148 Å². The van der Waals surface area contributed by atoms with E-state index in [4.69, 9.17) is 16.3 Å². The van der Waals surface area contributed by atoms with E-state index in [-0.39, 0.29) is 6.03 Å². The smallest absolute Gasteiger partial charge is 0.324 e. The van der Waals surface area contributed by atoms with Gasteiger partial charge in [0.1, 0.15) is 5.75 Å². The molecule has 1 unspecified atom stereocenters. The number of carbonyl (C=O) groups excluding carboxylic acids is 1. The molecule has 2 bridgehead atoms. The van der Waals surface area contributed by atoms with Crippen molar-refractivity contribution in [2.24, 2.45) is 0 Å². The van der Waals surface area contributed by atoms with Gasteiger partial charge in [-0.2, -0.15) is 0 Å². The van der Waals surface area contributed by atoms with Crippen molar-refractivity contribution in [3.8, 4) is 5.75 Å². The van der Waals surface area contributed by atoms with Gasteiger partial charge in [-0.05, 0) is 50.9 Å². The summed E-state index contributed by atoms with van der Waals surface area (Å²) < 4.78 is 5.42. The number of ether oxygens (including phenoxy) is 1. The van der Waals surface area contributed by atoms with Crippen LogP contribution >= 0.6 is 11.6 Å². The van der Waals surface area contributed by atoms with Crippen LogP contribution in [0.5, 0.6) is 5.75 Å². The normalized spacial score (nSPS) is 30.3. The Morgan fingerprint density at radius 2 is 1.83 bits per heavy atom. The van der Waals surface area contributed by atoms with Crippen LogP contribution in [0.1, 0.15) is 25.7 Å². The Morgan fingerprint density at radius 3 is 2.50 bits per heavy atom. The van der Waals surface area contributed by atoms with E-state index in [2.05, 4.69) is 16.8 Å². The molecule has 3 aliphatic rings. The van der Waals surface area contributed by atoms with Gasteiger partial charge in [-0.3, -0.25) is 4.90 Å². The molecule has 3 fully saturated rings. The lowest BCUT2D eigenvalue weighted by atomic mass is 9.97. The van der Waals surface area contributed by atoms with Gasteiger partial charge in [0.2, 0.25) is 0 Å². The van der Waals surface area contributed by atoms with Gasteiger partial charge in [-0.15, -0.1) is 0 Å². The molecule has 3 saturated heterocycles. The summed E-state index contributed by atoms with van der Waals surface area (Å²) in [4.78, 5) is 19.4. The second kappa shape index (κ2) is 6.12. The number of fused-ring (bicyclic) bond motifs is 2. The molecule has 1 aromatic carbocycles. The van der Waals surface area contributed by atoms with Gasteiger partial charge in [0.05, 0.1) is 12.8 Å². The predicted octanol–water partition coefficient (Wildman–Crippen LogP) is 3.22. The highest BCUT2D eigenvalue weighted by atomic mass is 35.5. The first-order valence-electron chi connectivity index (χ1n) is 8.72. The van der Waals surface area contributed by atoms with Crippen molar-refractivity contribution < 1.29 is 9.53 Å².